The molecule has 0 bridgehead atoms. The molecule has 0 aliphatic carbocycles. The van der Waals surface area contributed by atoms with Crippen LogP contribution in [0.4, 0.5) is 0 Å². The second kappa shape index (κ2) is 5.23. The Morgan fingerprint density at radius 1 is 1.44 bits per heavy atom. The smallest absolute Gasteiger partial charge is 0.257 e. The molecule has 1 aromatic heterocycles. The van der Waals surface area contributed by atoms with E-state index in [1.165, 1.54) is 6.26 Å². The predicted octanol–water partition coefficient (Wildman–Crippen LogP) is 1.26. The lowest BCUT2D eigenvalue weighted by Gasteiger charge is -2.35. The van der Waals surface area contributed by atoms with Gasteiger partial charge in [0.05, 0.1) is 23.9 Å². The minimum atomic E-state index is -0.0853. The molecule has 1 aromatic rings. The molecule has 0 N–H and O–H groups in total. The molecule has 1 fully saturated rings. The van der Waals surface area contributed by atoms with Crippen LogP contribution in [0, 0.1) is 18.3 Å². The van der Waals surface area contributed by atoms with Crippen LogP contribution in [0.5, 0.6) is 0 Å². The number of carbonyl (C=O) groups is 1. The lowest BCUT2D eigenvalue weighted by atomic mass is 10.2. The first-order valence-electron chi connectivity index (χ1n) is 6.10. The quantitative estimate of drug-likeness (QED) is 0.789. The standard InChI is InChI=1S/C13H17N3O2/c1-10(9-14)15-4-6-16(7-5-15)13(17)12-3-8-18-11(12)2/h3,8,10H,4-7H2,1-2H3. The maximum atomic E-state index is 12.2. The molecule has 96 valence electrons. The van der Waals surface area contributed by atoms with Crippen molar-refractivity contribution in [2.45, 2.75) is 19.9 Å². The van der Waals surface area contributed by atoms with Crippen molar-refractivity contribution in [1.29, 1.82) is 5.26 Å². The zero-order valence-electron chi connectivity index (χ0n) is 10.7. The molecule has 5 nitrogen and oxygen atoms in total. The molecule has 0 spiro atoms. The number of amides is 1. The van der Waals surface area contributed by atoms with Gasteiger partial charge in [0.15, 0.2) is 0 Å². The first-order chi connectivity index (χ1) is 8.63. The number of furan rings is 1. The fourth-order valence-electron chi connectivity index (χ4n) is 2.17. The molecule has 5 heteroatoms. The van der Waals surface area contributed by atoms with Gasteiger partial charge in [-0.2, -0.15) is 5.26 Å². The van der Waals surface area contributed by atoms with Gasteiger partial charge in [0.25, 0.3) is 5.91 Å². The van der Waals surface area contributed by atoms with Crippen molar-refractivity contribution in [3.63, 3.8) is 0 Å². The molecule has 0 aromatic carbocycles. The summed E-state index contributed by atoms with van der Waals surface area (Å²) in [6.45, 7) is 6.50. The number of hydrogen-bond donors (Lipinski definition) is 0. The maximum absolute atomic E-state index is 12.2. The van der Waals surface area contributed by atoms with E-state index in [1.807, 2.05) is 11.8 Å². The molecule has 1 aliphatic heterocycles. The highest BCUT2D eigenvalue weighted by atomic mass is 16.3. The Balaban J connectivity index is 1.97. The van der Waals surface area contributed by atoms with E-state index < -0.39 is 0 Å². The molecular weight excluding hydrogens is 230 g/mol. The molecule has 2 heterocycles. The van der Waals surface area contributed by atoms with Crippen molar-refractivity contribution in [2.24, 2.45) is 0 Å². The third-order valence-electron chi connectivity index (χ3n) is 3.43. The first-order valence-corrected chi connectivity index (χ1v) is 6.10. The molecule has 1 unspecified atom stereocenters. The second-order valence-corrected chi connectivity index (χ2v) is 4.52. The van der Waals surface area contributed by atoms with Crippen LogP contribution in [-0.2, 0) is 0 Å². The molecule has 18 heavy (non-hydrogen) atoms. The van der Waals surface area contributed by atoms with Crippen LogP contribution in [0.25, 0.3) is 0 Å². The number of piperazine rings is 1. The summed E-state index contributed by atoms with van der Waals surface area (Å²) in [5.41, 5.74) is 0.636. The van der Waals surface area contributed by atoms with E-state index in [0.29, 0.717) is 24.4 Å². The van der Waals surface area contributed by atoms with E-state index >= 15 is 0 Å². The average Bonchev–Trinajstić information content (AvgIpc) is 2.83. The minimum absolute atomic E-state index is 0.0190. The monoisotopic (exact) mass is 247 g/mol. The third kappa shape index (κ3) is 2.39. The number of nitrogens with zero attached hydrogens (tertiary/aromatic N) is 3. The average molecular weight is 247 g/mol. The Kier molecular flexibility index (Phi) is 3.68. The molecule has 1 atom stereocenters. The highest BCUT2D eigenvalue weighted by Gasteiger charge is 2.25. The van der Waals surface area contributed by atoms with Crippen LogP contribution < -0.4 is 0 Å². The van der Waals surface area contributed by atoms with E-state index in [-0.39, 0.29) is 11.9 Å². The van der Waals surface area contributed by atoms with Gasteiger partial charge in [-0.15, -0.1) is 0 Å². The van der Waals surface area contributed by atoms with Crippen molar-refractivity contribution in [3.8, 4) is 6.07 Å². The van der Waals surface area contributed by atoms with Gasteiger partial charge in [-0.3, -0.25) is 9.69 Å². The largest absolute Gasteiger partial charge is 0.469 e. The minimum Gasteiger partial charge on any atom is -0.469 e. The highest BCUT2D eigenvalue weighted by Crippen LogP contribution is 2.14. The Hall–Kier alpha value is -1.80. The Morgan fingerprint density at radius 3 is 2.61 bits per heavy atom. The van der Waals surface area contributed by atoms with Gasteiger partial charge in [-0.25, -0.2) is 0 Å². The van der Waals surface area contributed by atoms with E-state index in [0.717, 1.165) is 13.1 Å². The molecule has 1 amide bonds. The van der Waals surface area contributed by atoms with Gasteiger partial charge < -0.3 is 9.32 Å². The van der Waals surface area contributed by atoms with Crippen LogP contribution in [-0.4, -0.2) is 47.9 Å². The fourth-order valence-corrected chi connectivity index (χ4v) is 2.17. The molecule has 1 saturated heterocycles. The third-order valence-corrected chi connectivity index (χ3v) is 3.43. The fraction of sp³-hybridized carbons (Fsp3) is 0.538. The summed E-state index contributed by atoms with van der Waals surface area (Å²) in [5.74, 6) is 0.679. The van der Waals surface area contributed by atoms with E-state index in [4.69, 9.17) is 9.68 Å². The second-order valence-electron chi connectivity index (χ2n) is 4.52. The van der Waals surface area contributed by atoms with Gasteiger partial charge in [0.2, 0.25) is 0 Å². The molecule has 0 radical (unpaired) electrons. The normalized spacial score (nSPS) is 18.4. The predicted molar refractivity (Wildman–Crippen MR) is 66.0 cm³/mol. The zero-order valence-corrected chi connectivity index (χ0v) is 10.7. The topological polar surface area (TPSA) is 60.5 Å². The van der Waals surface area contributed by atoms with Gasteiger partial charge in [0, 0.05) is 26.2 Å². The summed E-state index contributed by atoms with van der Waals surface area (Å²) in [4.78, 5) is 16.1. The summed E-state index contributed by atoms with van der Waals surface area (Å²) in [6, 6.07) is 3.85. The zero-order chi connectivity index (χ0) is 13.1. The lowest BCUT2D eigenvalue weighted by molar-refractivity contribution is 0.0614. The van der Waals surface area contributed by atoms with Gasteiger partial charge in [0.1, 0.15) is 5.76 Å². The lowest BCUT2D eigenvalue weighted by Crippen LogP contribution is -2.51. The summed E-state index contributed by atoms with van der Waals surface area (Å²) < 4.78 is 5.15. The van der Waals surface area contributed by atoms with Crippen molar-refractivity contribution in [3.05, 3.63) is 23.7 Å². The van der Waals surface area contributed by atoms with Gasteiger partial charge in [-0.1, -0.05) is 0 Å². The Bertz CT molecular complexity index is 467. The number of aryl methyl sites for hydroxylation is 1. The highest BCUT2D eigenvalue weighted by molar-refractivity contribution is 5.95. The summed E-state index contributed by atoms with van der Waals surface area (Å²) in [6.07, 6.45) is 1.54. The number of hydrogen-bond acceptors (Lipinski definition) is 4. The van der Waals surface area contributed by atoms with E-state index in [1.54, 1.807) is 13.0 Å². The van der Waals surface area contributed by atoms with Crippen LogP contribution in [0.15, 0.2) is 16.7 Å². The van der Waals surface area contributed by atoms with Crippen LogP contribution in [0.3, 0.4) is 0 Å². The number of rotatable bonds is 2. The summed E-state index contributed by atoms with van der Waals surface area (Å²) in [5, 5.41) is 8.86. The molecule has 1 aliphatic rings. The maximum Gasteiger partial charge on any atom is 0.257 e. The van der Waals surface area contributed by atoms with Crippen LogP contribution in [0.2, 0.25) is 0 Å². The van der Waals surface area contributed by atoms with Crippen molar-refractivity contribution >= 4 is 5.91 Å². The van der Waals surface area contributed by atoms with E-state index in [2.05, 4.69) is 11.0 Å². The van der Waals surface area contributed by atoms with Crippen molar-refractivity contribution < 1.29 is 9.21 Å². The molecular formula is C13H17N3O2. The first kappa shape index (κ1) is 12.7. The van der Waals surface area contributed by atoms with Gasteiger partial charge in [-0.05, 0) is 19.9 Å². The SMILES string of the molecule is Cc1occc1C(=O)N1CCN(C(C)C#N)CC1. The Morgan fingerprint density at radius 2 is 2.11 bits per heavy atom. The summed E-state index contributed by atoms with van der Waals surface area (Å²) in [7, 11) is 0. The molecule has 0 saturated carbocycles. The van der Waals surface area contributed by atoms with Gasteiger partial charge >= 0.3 is 0 Å². The van der Waals surface area contributed by atoms with Crippen molar-refractivity contribution in [1.82, 2.24) is 9.80 Å². The van der Waals surface area contributed by atoms with Crippen molar-refractivity contribution in [2.75, 3.05) is 26.2 Å². The summed E-state index contributed by atoms with van der Waals surface area (Å²) >= 11 is 0. The van der Waals surface area contributed by atoms with E-state index in [9.17, 15) is 4.79 Å². The number of carbonyl (C=O) groups excluding carboxylic acids is 1. The van der Waals surface area contributed by atoms with Crippen LogP contribution >= 0.6 is 0 Å². The van der Waals surface area contributed by atoms with Crippen LogP contribution in [0.1, 0.15) is 23.0 Å². The Labute approximate surface area is 107 Å². The molecule has 2 rings (SSSR count). The number of nitriles is 1.